The maximum absolute atomic E-state index is 9.25. The van der Waals surface area contributed by atoms with Gasteiger partial charge in [-0.05, 0) is 131 Å². The van der Waals surface area contributed by atoms with E-state index in [-0.39, 0.29) is 0 Å². The average molecular weight is 878 g/mol. The molecule has 0 saturated carbocycles. The zero-order valence-corrected chi connectivity index (χ0v) is 37.9. The van der Waals surface area contributed by atoms with Crippen LogP contribution in [0.15, 0.2) is 157 Å². The Bertz CT molecular complexity index is 3170. The summed E-state index contributed by atoms with van der Waals surface area (Å²) in [7, 11) is 0. The van der Waals surface area contributed by atoms with E-state index >= 15 is 0 Å². The number of benzene rings is 5. The van der Waals surface area contributed by atoms with Gasteiger partial charge in [0.05, 0.1) is 37.8 Å². The molecule has 2 aliphatic rings. The Morgan fingerprint density at radius 1 is 0.618 bits per heavy atom. The maximum atomic E-state index is 9.25. The van der Waals surface area contributed by atoms with Crippen molar-refractivity contribution in [2.24, 2.45) is 0 Å². The van der Waals surface area contributed by atoms with E-state index in [9.17, 15) is 5.11 Å². The second-order valence-corrected chi connectivity index (χ2v) is 16.1. The second-order valence-electron chi connectivity index (χ2n) is 16.1. The fourth-order valence-electron chi connectivity index (χ4n) is 8.28. The molecule has 0 fully saturated rings. The summed E-state index contributed by atoms with van der Waals surface area (Å²) in [6.07, 6.45) is 56.2. The van der Waals surface area contributed by atoms with E-state index in [0.29, 0.717) is 49.9 Å². The maximum Gasteiger partial charge on any atom is 0.263 e. The quantitative estimate of drug-likeness (QED) is 0.0634. The topological polar surface area (TPSA) is 38.6 Å². The van der Waals surface area contributed by atoms with E-state index in [1.165, 1.54) is 11.1 Å². The van der Waals surface area contributed by atoms with Gasteiger partial charge in [-0.3, -0.25) is 0 Å². The van der Waals surface area contributed by atoms with Crippen LogP contribution in [0.1, 0.15) is 63.8 Å². The molecule has 0 atom stereocenters. The molecule has 0 aromatic heterocycles. The third-order valence-corrected chi connectivity index (χ3v) is 11.8. The molecular weight excluding hydrogens is 829 g/mol. The van der Waals surface area contributed by atoms with Crippen molar-refractivity contribution in [1.29, 1.82) is 0 Å². The molecule has 0 spiro atoms. The third kappa shape index (κ3) is 11.1. The monoisotopic (exact) mass is 877 g/mol. The molecule has 0 bridgehead atoms. The van der Waals surface area contributed by atoms with Gasteiger partial charge in [0.1, 0.15) is 11.5 Å². The van der Waals surface area contributed by atoms with Crippen LogP contribution >= 0.6 is 0 Å². The van der Waals surface area contributed by atoms with Gasteiger partial charge in [-0.15, -0.1) is 45.0 Å². The molecule has 0 radical (unpaired) electrons. The fraction of sp³-hybridized carbons (Fsp3) is 0.125. The lowest BCUT2D eigenvalue weighted by Gasteiger charge is -2.25. The van der Waals surface area contributed by atoms with E-state index in [2.05, 4.69) is 96.1 Å². The second kappa shape index (κ2) is 22.5. The Labute approximate surface area is 402 Å². The van der Waals surface area contributed by atoms with Crippen LogP contribution < -0.4 is 14.5 Å². The minimum Gasteiger partial charge on any atom is -0.593 e. The molecule has 7 rings (SSSR count). The van der Waals surface area contributed by atoms with Gasteiger partial charge < -0.3 is 19.6 Å². The Morgan fingerprint density at radius 2 is 1.18 bits per heavy atom. The molecule has 1 aliphatic carbocycles. The van der Waals surface area contributed by atoms with Gasteiger partial charge in [0.2, 0.25) is 0 Å². The molecule has 2 N–H and O–H groups in total. The van der Waals surface area contributed by atoms with Gasteiger partial charge in [0, 0.05) is 45.3 Å². The highest BCUT2D eigenvalue weighted by Gasteiger charge is 2.22. The van der Waals surface area contributed by atoms with E-state index in [1.54, 1.807) is 0 Å². The first-order valence-electron chi connectivity index (χ1n) is 22.2. The van der Waals surface area contributed by atoms with Crippen molar-refractivity contribution in [3.63, 3.8) is 0 Å². The Balaban J connectivity index is 1.35. The highest BCUT2D eigenvalue weighted by molar-refractivity contribution is 5.91. The van der Waals surface area contributed by atoms with Gasteiger partial charge in [0.15, 0.2) is 0 Å². The van der Waals surface area contributed by atoms with Crippen LogP contribution in [0.2, 0.25) is 0 Å². The van der Waals surface area contributed by atoms with Crippen molar-refractivity contribution in [2.45, 2.75) is 25.7 Å². The zero-order valence-electron chi connectivity index (χ0n) is 37.9. The van der Waals surface area contributed by atoms with Crippen LogP contribution in [0.5, 0.6) is 11.5 Å². The Hall–Kier alpha value is -9.34. The summed E-state index contributed by atoms with van der Waals surface area (Å²) in [6.45, 7) is 1.39. The number of allylic oxidation sites excluding steroid dienone is 11. The molecule has 326 valence electrons. The average Bonchev–Trinajstić information content (AvgIpc) is 3.38. The molecule has 0 saturated heterocycles. The molecule has 5 aromatic carbocycles. The van der Waals surface area contributed by atoms with Crippen LogP contribution in [0, 0.1) is 86.4 Å². The van der Waals surface area contributed by atoms with Gasteiger partial charge in [-0.25, -0.2) is 0 Å². The largest absolute Gasteiger partial charge is 0.593 e. The van der Waals surface area contributed by atoms with Gasteiger partial charge in [-0.1, -0.05) is 108 Å². The van der Waals surface area contributed by atoms with Gasteiger partial charge in [-0.2, -0.15) is 0 Å². The SMILES string of the molecule is C#CCN(CC#C)c1ccc(C(=C\Cc2ccc(C#C)cc2)/C=C/C2=C(c3ccc(C#C)cc3)C(=C/C=C3\C=C(c4ccc(C#C)cc4)Oc4cc(N(CC#C)CC#C)ccc43)/CCC2)c([OH2+])c1. The molecule has 0 amide bonds. The van der Waals surface area contributed by atoms with E-state index in [0.717, 1.165) is 91.9 Å². The molecule has 5 aromatic rings. The van der Waals surface area contributed by atoms with Crippen molar-refractivity contribution in [3.8, 4) is 97.9 Å². The highest BCUT2D eigenvalue weighted by atomic mass is 16.5. The van der Waals surface area contributed by atoms with Crippen molar-refractivity contribution in [2.75, 3.05) is 36.0 Å². The van der Waals surface area contributed by atoms with E-state index in [4.69, 9.17) is 49.7 Å². The molecule has 0 unspecified atom stereocenters. The molecule has 1 heterocycles. The summed E-state index contributed by atoms with van der Waals surface area (Å²) in [6, 6.07) is 35.8. The predicted molar refractivity (Wildman–Crippen MR) is 285 cm³/mol. The lowest BCUT2D eigenvalue weighted by atomic mass is 9.82. The number of rotatable bonds is 14. The number of terminal acetylenes is 7. The summed E-state index contributed by atoms with van der Waals surface area (Å²) in [5.41, 5.74) is 14.2. The van der Waals surface area contributed by atoms with Gasteiger partial charge >= 0.3 is 0 Å². The highest BCUT2D eigenvalue weighted by Crippen LogP contribution is 2.42. The molecular formula is C64H49N2O2+. The van der Waals surface area contributed by atoms with Crippen molar-refractivity contribution < 1.29 is 9.84 Å². The Kier molecular flexibility index (Phi) is 15.4. The number of hydrogen-bond donors (Lipinski definition) is 0. The fourth-order valence-corrected chi connectivity index (χ4v) is 8.28. The molecule has 4 heteroatoms. The number of fused-ring (bicyclic) bond motifs is 1. The number of hydrogen-bond acceptors (Lipinski definition) is 3. The van der Waals surface area contributed by atoms with Crippen LogP contribution in [0.25, 0.3) is 22.5 Å². The van der Waals surface area contributed by atoms with Crippen LogP contribution in [0.3, 0.4) is 0 Å². The number of anilines is 2. The minimum absolute atomic E-state index is 0.337. The first kappa shape index (κ1) is 46.6. The molecule has 4 nitrogen and oxygen atoms in total. The summed E-state index contributed by atoms with van der Waals surface area (Å²) in [4.78, 5) is 3.86. The van der Waals surface area contributed by atoms with Crippen molar-refractivity contribution >= 4 is 33.9 Å². The molecule has 68 heavy (non-hydrogen) atoms. The first-order valence-corrected chi connectivity index (χ1v) is 22.2. The lowest BCUT2D eigenvalue weighted by molar-refractivity contribution is 0.473. The standard InChI is InChI=1S/C64H48N2O2/c1-8-40-65(41-9-2)57-36-38-59(61(67)45-57)51(27-26-50-20-18-47(12-5)19-21-50)32-33-53-16-15-17-54(64(53)55-30-24-49(14-7)25-31-55)34-35-56-44-62(52-28-22-48(13-6)23-29-52)68-63-46-58(37-39-60(56)63)66(42-10-3)43-11-4/h1-7,18-25,27-39,44-46,67H,15-17,26,40-43H2/p+1/b33-32+,51-27-,54-34+,56-35+. The van der Waals surface area contributed by atoms with E-state index < -0.39 is 0 Å². The van der Waals surface area contributed by atoms with Crippen LogP contribution in [-0.4, -0.2) is 31.3 Å². The smallest absolute Gasteiger partial charge is 0.263 e. The summed E-state index contributed by atoms with van der Waals surface area (Å²) >= 11 is 0. The first-order chi connectivity index (χ1) is 33.3. The van der Waals surface area contributed by atoms with Gasteiger partial charge in [0.25, 0.3) is 5.75 Å². The number of nitrogens with zero attached hydrogens (tertiary/aromatic N) is 2. The normalized spacial score (nSPS) is 14.2. The summed E-state index contributed by atoms with van der Waals surface area (Å²) in [5, 5.41) is 9.25. The lowest BCUT2D eigenvalue weighted by Crippen LogP contribution is -2.23. The summed E-state index contributed by atoms with van der Waals surface area (Å²) < 4.78 is 6.63. The number of ether oxygens (including phenoxy) is 1. The van der Waals surface area contributed by atoms with E-state index in [1.807, 2.05) is 101 Å². The summed E-state index contributed by atoms with van der Waals surface area (Å²) in [5.74, 6) is 20.7. The molecule has 1 aliphatic heterocycles. The van der Waals surface area contributed by atoms with Crippen molar-refractivity contribution in [1.82, 2.24) is 0 Å². The van der Waals surface area contributed by atoms with Crippen LogP contribution in [-0.2, 0) is 6.42 Å². The Morgan fingerprint density at radius 3 is 1.75 bits per heavy atom. The third-order valence-electron chi connectivity index (χ3n) is 11.8. The van der Waals surface area contributed by atoms with Crippen LogP contribution in [0.4, 0.5) is 11.4 Å². The van der Waals surface area contributed by atoms with Crippen molar-refractivity contribution in [3.05, 3.63) is 201 Å². The zero-order chi connectivity index (χ0) is 47.8. The predicted octanol–water partition coefficient (Wildman–Crippen LogP) is 11.5. The minimum atomic E-state index is 0.337.